The Morgan fingerprint density at radius 3 is 2.67 bits per heavy atom. The molecule has 0 bridgehead atoms. The topological polar surface area (TPSA) is 51.2 Å². The maximum Gasteiger partial charge on any atom is 0.230 e. The summed E-state index contributed by atoms with van der Waals surface area (Å²) in [7, 11) is 1.63. The zero-order chi connectivity index (χ0) is 18.6. The molecule has 4 nitrogen and oxygen atoms in total. The highest BCUT2D eigenvalue weighted by atomic mass is 32.1. The summed E-state index contributed by atoms with van der Waals surface area (Å²) in [4.78, 5) is 16.9. The van der Waals surface area contributed by atoms with E-state index >= 15 is 0 Å². The summed E-state index contributed by atoms with van der Waals surface area (Å²) < 4.78 is 5.14. The third kappa shape index (κ3) is 4.19. The van der Waals surface area contributed by atoms with E-state index in [1.54, 1.807) is 7.11 Å². The van der Waals surface area contributed by atoms with Crippen molar-refractivity contribution in [3.05, 3.63) is 64.5 Å². The minimum absolute atomic E-state index is 0.0634. The fourth-order valence-electron chi connectivity index (χ4n) is 3.45. The molecule has 138 valence electrons. The number of amides is 1. The lowest BCUT2D eigenvalue weighted by Crippen LogP contribution is -2.14. The van der Waals surface area contributed by atoms with Crippen LogP contribution in [0.15, 0.2) is 47.8 Å². The zero-order valence-electron chi connectivity index (χ0n) is 15.3. The van der Waals surface area contributed by atoms with Gasteiger partial charge in [0.1, 0.15) is 5.75 Å². The van der Waals surface area contributed by atoms with Crippen molar-refractivity contribution >= 4 is 22.4 Å². The number of anilines is 1. The van der Waals surface area contributed by atoms with Gasteiger partial charge in [0, 0.05) is 10.9 Å². The molecule has 1 aromatic heterocycles. The molecular formula is C22H22N2O2S. The SMILES string of the molecule is COc1ccc(CC(=O)Nc2nc(-c3ccc4c(c3)CCCC4)cs2)cc1. The molecular weight excluding hydrogens is 356 g/mol. The summed E-state index contributed by atoms with van der Waals surface area (Å²) in [5.74, 6) is 0.722. The van der Waals surface area contributed by atoms with Crippen LogP contribution in [-0.2, 0) is 24.1 Å². The van der Waals surface area contributed by atoms with Crippen LogP contribution >= 0.6 is 11.3 Å². The number of nitrogens with one attached hydrogen (secondary N) is 1. The van der Waals surface area contributed by atoms with Crippen LogP contribution < -0.4 is 10.1 Å². The fraction of sp³-hybridized carbons (Fsp3) is 0.273. The normalized spacial score (nSPS) is 13.1. The number of aryl methyl sites for hydroxylation is 2. The van der Waals surface area contributed by atoms with E-state index in [1.165, 1.54) is 41.7 Å². The zero-order valence-corrected chi connectivity index (χ0v) is 16.1. The van der Waals surface area contributed by atoms with Crippen molar-refractivity contribution in [3.63, 3.8) is 0 Å². The van der Waals surface area contributed by atoms with Gasteiger partial charge in [0.15, 0.2) is 5.13 Å². The molecule has 0 spiro atoms. The summed E-state index contributed by atoms with van der Waals surface area (Å²) in [6.45, 7) is 0. The van der Waals surface area contributed by atoms with Crippen LogP contribution in [0.3, 0.4) is 0 Å². The van der Waals surface area contributed by atoms with Crippen molar-refractivity contribution in [1.29, 1.82) is 0 Å². The van der Waals surface area contributed by atoms with Crippen molar-refractivity contribution in [3.8, 4) is 17.0 Å². The van der Waals surface area contributed by atoms with Crippen LogP contribution in [-0.4, -0.2) is 18.0 Å². The molecule has 4 rings (SSSR count). The molecule has 1 aliphatic carbocycles. The molecule has 0 saturated heterocycles. The fourth-order valence-corrected chi connectivity index (χ4v) is 4.18. The third-order valence-electron chi connectivity index (χ3n) is 4.92. The van der Waals surface area contributed by atoms with Crippen molar-refractivity contribution in [1.82, 2.24) is 4.98 Å². The van der Waals surface area contributed by atoms with E-state index in [4.69, 9.17) is 4.74 Å². The first kappa shape index (κ1) is 17.7. The second-order valence-corrected chi connectivity index (χ2v) is 7.66. The molecule has 0 aliphatic heterocycles. The van der Waals surface area contributed by atoms with E-state index in [1.807, 2.05) is 29.6 Å². The van der Waals surface area contributed by atoms with E-state index in [0.717, 1.165) is 29.0 Å². The number of hydrogen-bond donors (Lipinski definition) is 1. The summed E-state index contributed by atoms with van der Waals surface area (Å²) >= 11 is 1.46. The van der Waals surface area contributed by atoms with E-state index in [2.05, 4.69) is 28.5 Å². The second kappa shape index (κ2) is 7.92. The Labute approximate surface area is 163 Å². The Hall–Kier alpha value is -2.66. The summed E-state index contributed by atoms with van der Waals surface area (Å²) in [6.07, 6.45) is 5.20. The third-order valence-corrected chi connectivity index (χ3v) is 5.68. The van der Waals surface area contributed by atoms with Crippen LogP contribution in [0, 0.1) is 0 Å². The standard InChI is InChI=1S/C22H22N2O2S/c1-26-19-10-6-15(7-11-19)12-21(25)24-22-23-20(14-27-22)18-9-8-16-4-2-3-5-17(16)13-18/h6-11,13-14H,2-5,12H2,1H3,(H,23,24,25). The molecule has 0 atom stereocenters. The number of methoxy groups -OCH3 is 1. The number of carbonyl (C=O) groups is 1. The summed E-state index contributed by atoms with van der Waals surface area (Å²) in [5.41, 5.74) is 5.90. The van der Waals surface area contributed by atoms with Crippen molar-refractivity contribution in [2.45, 2.75) is 32.1 Å². The largest absolute Gasteiger partial charge is 0.497 e. The van der Waals surface area contributed by atoms with Gasteiger partial charge in [-0.15, -0.1) is 11.3 Å². The number of benzene rings is 2. The average Bonchev–Trinajstić information content (AvgIpc) is 3.16. The molecule has 0 saturated carbocycles. The number of fused-ring (bicyclic) bond motifs is 1. The van der Waals surface area contributed by atoms with Crippen molar-refractivity contribution in [2.75, 3.05) is 12.4 Å². The van der Waals surface area contributed by atoms with Gasteiger partial charge in [-0.2, -0.15) is 0 Å². The molecule has 27 heavy (non-hydrogen) atoms. The number of nitrogens with zero attached hydrogens (tertiary/aromatic N) is 1. The van der Waals surface area contributed by atoms with E-state index in [9.17, 15) is 4.79 Å². The highest BCUT2D eigenvalue weighted by Crippen LogP contribution is 2.29. The summed E-state index contributed by atoms with van der Waals surface area (Å²) in [6, 6.07) is 14.2. The Bertz CT molecular complexity index is 947. The van der Waals surface area contributed by atoms with Gasteiger partial charge in [-0.3, -0.25) is 4.79 Å². The Morgan fingerprint density at radius 1 is 1.11 bits per heavy atom. The number of aromatic nitrogens is 1. The Kier molecular flexibility index (Phi) is 5.21. The number of thiazole rings is 1. The molecule has 1 aliphatic rings. The van der Waals surface area contributed by atoms with Crippen LogP contribution in [0.4, 0.5) is 5.13 Å². The molecule has 0 fully saturated rings. The number of carbonyl (C=O) groups excluding carboxylic acids is 1. The summed E-state index contributed by atoms with van der Waals surface area (Å²) in [5, 5.41) is 5.56. The quantitative estimate of drug-likeness (QED) is 0.688. The average molecular weight is 378 g/mol. The monoisotopic (exact) mass is 378 g/mol. The van der Waals surface area contributed by atoms with E-state index < -0.39 is 0 Å². The molecule has 0 radical (unpaired) electrons. The van der Waals surface area contributed by atoms with Crippen LogP contribution in [0.5, 0.6) is 5.75 Å². The van der Waals surface area contributed by atoms with Crippen LogP contribution in [0.25, 0.3) is 11.3 Å². The second-order valence-electron chi connectivity index (χ2n) is 6.80. The Morgan fingerprint density at radius 2 is 1.89 bits per heavy atom. The predicted octanol–water partition coefficient (Wildman–Crippen LogP) is 4.88. The van der Waals surface area contributed by atoms with Crippen molar-refractivity contribution < 1.29 is 9.53 Å². The number of ether oxygens (including phenoxy) is 1. The van der Waals surface area contributed by atoms with E-state index in [-0.39, 0.29) is 5.91 Å². The molecule has 5 heteroatoms. The van der Waals surface area contributed by atoms with Crippen LogP contribution in [0.2, 0.25) is 0 Å². The molecule has 3 aromatic rings. The van der Waals surface area contributed by atoms with Gasteiger partial charge in [0.05, 0.1) is 19.2 Å². The van der Waals surface area contributed by atoms with Gasteiger partial charge in [0.2, 0.25) is 5.91 Å². The molecule has 1 N–H and O–H groups in total. The highest BCUT2D eigenvalue weighted by Gasteiger charge is 2.13. The van der Waals surface area contributed by atoms with Crippen molar-refractivity contribution in [2.24, 2.45) is 0 Å². The smallest absolute Gasteiger partial charge is 0.230 e. The number of rotatable bonds is 5. The Balaban J connectivity index is 1.42. The first-order valence-electron chi connectivity index (χ1n) is 9.22. The van der Waals surface area contributed by atoms with Gasteiger partial charge in [0.25, 0.3) is 0 Å². The van der Waals surface area contributed by atoms with Gasteiger partial charge in [-0.05, 0) is 60.6 Å². The molecule has 1 amide bonds. The lowest BCUT2D eigenvalue weighted by molar-refractivity contribution is -0.115. The first-order chi connectivity index (χ1) is 13.2. The lowest BCUT2D eigenvalue weighted by atomic mass is 9.90. The van der Waals surface area contributed by atoms with E-state index in [0.29, 0.717) is 11.6 Å². The van der Waals surface area contributed by atoms with Crippen LogP contribution in [0.1, 0.15) is 29.5 Å². The minimum Gasteiger partial charge on any atom is -0.497 e. The molecule has 0 unspecified atom stereocenters. The van der Waals surface area contributed by atoms with Gasteiger partial charge in [-0.1, -0.05) is 24.3 Å². The van der Waals surface area contributed by atoms with Gasteiger partial charge in [-0.25, -0.2) is 4.98 Å². The predicted molar refractivity (Wildman–Crippen MR) is 110 cm³/mol. The number of hydrogen-bond acceptors (Lipinski definition) is 4. The first-order valence-corrected chi connectivity index (χ1v) is 10.1. The minimum atomic E-state index is -0.0634. The van der Waals surface area contributed by atoms with Gasteiger partial charge >= 0.3 is 0 Å². The lowest BCUT2D eigenvalue weighted by Gasteiger charge is -2.16. The highest BCUT2D eigenvalue weighted by molar-refractivity contribution is 7.14. The maximum absolute atomic E-state index is 12.3. The molecule has 1 heterocycles. The maximum atomic E-state index is 12.3. The van der Waals surface area contributed by atoms with Gasteiger partial charge < -0.3 is 10.1 Å². The molecule has 2 aromatic carbocycles.